The third-order valence-electron chi connectivity index (χ3n) is 3.05. The summed E-state index contributed by atoms with van der Waals surface area (Å²) in [6.45, 7) is 4.93. The highest BCUT2D eigenvalue weighted by Crippen LogP contribution is 2.15. The van der Waals surface area contributed by atoms with Gasteiger partial charge in [-0.05, 0) is 44.7 Å². The first-order chi connectivity index (χ1) is 7.65. The summed E-state index contributed by atoms with van der Waals surface area (Å²) in [4.78, 5) is 0. The van der Waals surface area contributed by atoms with Gasteiger partial charge >= 0.3 is 0 Å². The van der Waals surface area contributed by atoms with E-state index in [2.05, 4.69) is 38.1 Å². The number of nitrogens with two attached hydrogens (primary N) is 1. The van der Waals surface area contributed by atoms with Gasteiger partial charge in [0, 0.05) is 7.11 Å². The van der Waals surface area contributed by atoms with Crippen LogP contribution in [0.15, 0.2) is 24.3 Å². The lowest BCUT2D eigenvalue weighted by molar-refractivity contribution is 0.0959. The normalized spacial score (nSPS) is 14.8. The van der Waals surface area contributed by atoms with E-state index in [-0.39, 0.29) is 0 Å². The van der Waals surface area contributed by atoms with Crippen molar-refractivity contribution >= 4 is 0 Å². The van der Waals surface area contributed by atoms with Gasteiger partial charge in [-0.3, -0.25) is 0 Å². The second-order valence-corrected chi connectivity index (χ2v) is 4.57. The van der Waals surface area contributed by atoms with Gasteiger partial charge in [0.05, 0.1) is 6.10 Å². The molecule has 0 fully saturated rings. The van der Waals surface area contributed by atoms with Gasteiger partial charge in [0.25, 0.3) is 0 Å². The summed E-state index contributed by atoms with van der Waals surface area (Å²) in [6, 6.07) is 8.69. The summed E-state index contributed by atoms with van der Waals surface area (Å²) < 4.78 is 5.28. The van der Waals surface area contributed by atoms with E-state index >= 15 is 0 Å². The van der Waals surface area contributed by atoms with Crippen LogP contribution < -0.4 is 5.73 Å². The van der Waals surface area contributed by atoms with Gasteiger partial charge in [-0.25, -0.2) is 0 Å². The van der Waals surface area contributed by atoms with Crippen molar-refractivity contribution in [3.05, 3.63) is 35.4 Å². The number of rotatable bonds is 6. The third-order valence-corrected chi connectivity index (χ3v) is 3.05. The van der Waals surface area contributed by atoms with Gasteiger partial charge in [-0.15, -0.1) is 0 Å². The number of aryl methyl sites for hydroxylation is 1. The molecule has 1 aromatic rings. The molecule has 0 spiro atoms. The van der Waals surface area contributed by atoms with Crippen LogP contribution in [-0.4, -0.2) is 19.8 Å². The quantitative estimate of drug-likeness (QED) is 0.801. The minimum Gasteiger partial charge on any atom is -0.382 e. The van der Waals surface area contributed by atoms with Crippen molar-refractivity contribution in [1.29, 1.82) is 0 Å². The Morgan fingerprint density at radius 3 is 2.38 bits per heavy atom. The lowest BCUT2D eigenvalue weighted by Crippen LogP contribution is -2.22. The van der Waals surface area contributed by atoms with Crippen LogP contribution in [0.1, 0.15) is 24.5 Å². The average Bonchev–Trinajstić information content (AvgIpc) is 2.30. The van der Waals surface area contributed by atoms with Gasteiger partial charge < -0.3 is 10.5 Å². The lowest BCUT2D eigenvalue weighted by Gasteiger charge is -2.18. The summed E-state index contributed by atoms with van der Waals surface area (Å²) in [5.41, 5.74) is 8.47. The largest absolute Gasteiger partial charge is 0.382 e. The molecule has 1 rings (SSSR count). The van der Waals surface area contributed by atoms with Crippen molar-refractivity contribution < 1.29 is 4.74 Å². The summed E-state index contributed by atoms with van der Waals surface area (Å²) in [5.74, 6) is 0.512. The molecule has 0 aliphatic rings. The highest BCUT2D eigenvalue weighted by atomic mass is 16.5. The molecule has 0 saturated heterocycles. The number of hydrogen-bond acceptors (Lipinski definition) is 2. The Kier molecular flexibility index (Phi) is 5.50. The molecule has 2 atom stereocenters. The molecule has 2 heteroatoms. The highest BCUT2D eigenvalue weighted by Gasteiger charge is 2.12. The van der Waals surface area contributed by atoms with Crippen molar-refractivity contribution in [1.82, 2.24) is 0 Å². The van der Waals surface area contributed by atoms with Crippen LogP contribution in [0.5, 0.6) is 0 Å². The van der Waals surface area contributed by atoms with Gasteiger partial charge in [0.1, 0.15) is 0 Å². The van der Waals surface area contributed by atoms with E-state index < -0.39 is 0 Å². The Morgan fingerprint density at radius 2 is 1.88 bits per heavy atom. The zero-order chi connectivity index (χ0) is 12.0. The molecule has 90 valence electrons. The van der Waals surface area contributed by atoms with Crippen LogP contribution in [-0.2, 0) is 11.2 Å². The van der Waals surface area contributed by atoms with Crippen molar-refractivity contribution in [3.8, 4) is 0 Å². The molecule has 16 heavy (non-hydrogen) atoms. The second-order valence-electron chi connectivity index (χ2n) is 4.57. The molecule has 2 N–H and O–H groups in total. The molecule has 0 bridgehead atoms. The number of benzene rings is 1. The Bertz CT molecular complexity index is 294. The molecule has 0 saturated carbocycles. The average molecular weight is 221 g/mol. The molecule has 1 aromatic carbocycles. The summed E-state index contributed by atoms with van der Waals surface area (Å²) in [7, 11) is 1.75. The fraction of sp³-hybridized carbons (Fsp3) is 0.571. The van der Waals surface area contributed by atoms with Crippen molar-refractivity contribution in [2.45, 2.75) is 32.8 Å². The van der Waals surface area contributed by atoms with Gasteiger partial charge in [-0.2, -0.15) is 0 Å². The predicted octanol–water partition coefficient (Wildman–Crippen LogP) is 2.54. The first-order valence-corrected chi connectivity index (χ1v) is 5.94. The monoisotopic (exact) mass is 221 g/mol. The molecular formula is C14H23NO. The van der Waals surface area contributed by atoms with E-state index in [4.69, 9.17) is 10.5 Å². The van der Waals surface area contributed by atoms with E-state index in [0.717, 1.165) is 19.4 Å². The van der Waals surface area contributed by atoms with Crippen molar-refractivity contribution in [3.63, 3.8) is 0 Å². The van der Waals surface area contributed by atoms with E-state index in [0.29, 0.717) is 12.0 Å². The Morgan fingerprint density at radius 1 is 1.25 bits per heavy atom. The van der Waals surface area contributed by atoms with E-state index in [1.807, 2.05) is 0 Å². The number of ether oxygens (including phenoxy) is 1. The van der Waals surface area contributed by atoms with Crippen LogP contribution in [0.4, 0.5) is 0 Å². The maximum Gasteiger partial charge on any atom is 0.0546 e. The Hall–Kier alpha value is -0.860. The standard InChI is InChI=1S/C14H23NO/c1-11-4-6-13(7-5-11)9-14(10-15)8-12(2)16-3/h4-7,12,14H,8-10,15H2,1-3H3. The zero-order valence-electron chi connectivity index (χ0n) is 10.6. The van der Waals surface area contributed by atoms with Crippen LogP contribution in [0.2, 0.25) is 0 Å². The molecule has 2 nitrogen and oxygen atoms in total. The Labute approximate surface area is 98.8 Å². The molecule has 0 aliphatic carbocycles. The maximum absolute atomic E-state index is 5.80. The fourth-order valence-corrected chi connectivity index (χ4v) is 1.89. The van der Waals surface area contributed by atoms with E-state index in [1.54, 1.807) is 7.11 Å². The van der Waals surface area contributed by atoms with Crippen molar-refractivity contribution in [2.24, 2.45) is 11.7 Å². The minimum absolute atomic E-state index is 0.291. The zero-order valence-corrected chi connectivity index (χ0v) is 10.6. The third kappa shape index (κ3) is 4.33. The smallest absolute Gasteiger partial charge is 0.0546 e. The SMILES string of the molecule is COC(C)CC(CN)Cc1ccc(C)cc1. The maximum atomic E-state index is 5.80. The molecule has 0 aromatic heterocycles. The fourth-order valence-electron chi connectivity index (χ4n) is 1.89. The second kappa shape index (κ2) is 6.66. The number of hydrogen-bond donors (Lipinski definition) is 1. The predicted molar refractivity (Wildman–Crippen MR) is 68.5 cm³/mol. The first kappa shape index (κ1) is 13.2. The molecule has 0 amide bonds. The first-order valence-electron chi connectivity index (χ1n) is 5.94. The van der Waals surface area contributed by atoms with Gasteiger partial charge in [-0.1, -0.05) is 29.8 Å². The molecule has 0 aliphatic heterocycles. The van der Waals surface area contributed by atoms with E-state index in [9.17, 15) is 0 Å². The molecular weight excluding hydrogens is 198 g/mol. The van der Waals surface area contributed by atoms with Crippen LogP contribution in [0.3, 0.4) is 0 Å². The van der Waals surface area contributed by atoms with Gasteiger partial charge in [0.2, 0.25) is 0 Å². The van der Waals surface area contributed by atoms with Crippen LogP contribution in [0.25, 0.3) is 0 Å². The summed E-state index contributed by atoms with van der Waals surface area (Å²) in [5, 5.41) is 0. The number of methoxy groups -OCH3 is 1. The van der Waals surface area contributed by atoms with Crippen LogP contribution in [0, 0.1) is 12.8 Å². The van der Waals surface area contributed by atoms with Crippen molar-refractivity contribution in [2.75, 3.05) is 13.7 Å². The topological polar surface area (TPSA) is 35.2 Å². The summed E-state index contributed by atoms with van der Waals surface area (Å²) in [6.07, 6.45) is 2.37. The van der Waals surface area contributed by atoms with Crippen LogP contribution >= 0.6 is 0 Å². The molecule has 0 heterocycles. The Balaban J connectivity index is 2.52. The molecule has 2 unspecified atom stereocenters. The molecule has 0 radical (unpaired) electrons. The van der Waals surface area contributed by atoms with E-state index in [1.165, 1.54) is 11.1 Å². The lowest BCUT2D eigenvalue weighted by atomic mass is 9.94. The summed E-state index contributed by atoms with van der Waals surface area (Å²) >= 11 is 0. The minimum atomic E-state index is 0.291. The van der Waals surface area contributed by atoms with Gasteiger partial charge in [0.15, 0.2) is 0 Å². The highest BCUT2D eigenvalue weighted by molar-refractivity contribution is 5.21.